The summed E-state index contributed by atoms with van der Waals surface area (Å²) in [7, 11) is 1.90. The van der Waals surface area contributed by atoms with Crippen molar-refractivity contribution in [1.29, 1.82) is 0 Å². The van der Waals surface area contributed by atoms with E-state index >= 15 is 0 Å². The van der Waals surface area contributed by atoms with Gasteiger partial charge in [-0.2, -0.15) is 0 Å². The quantitative estimate of drug-likeness (QED) is 0.844. The molecule has 2 nitrogen and oxygen atoms in total. The van der Waals surface area contributed by atoms with Gasteiger partial charge in [-0.1, -0.05) is 49.9 Å². The summed E-state index contributed by atoms with van der Waals surface area (Å²) in [6, 6.07) is 13.3. The Morgan fingerprint density at radius 3 is 2.55 bits per heavy atom. The van der Waals surface area contributed by atoms with E-state index in [9.17, 15) is 0 Å². The van der Waals surface area contributed by atoms with E-state index in [0.717, 1.165) is 5.69 Å². The number of hydrogen-bond acceptors (Lipinski definition) is 3. The molecule has 0 fully saturated rings. The Labute approximate surface area is 137 Å². The van der Waals surface area contributed by atoms with Gasteiger partial charge in [-0.25, -0.2) is 0 Å². The maximum absolute atomic E-state index is 3.36. The summed E-state index contributed by atoms with van der Waals surface area (Å²) < 4.78 is 0. The minimum absolute atomic E-state index is 0.0429. The highest BCUT2D eigenvalue weighted by Crippen LogP contribution is 2.50. The molecule has 0 aromatic heterocycles. The number of nitrogens with one attached hydrogen (secondary N) is 2. The Balaban J connectivity index is 2.07. The maximum atomic E-state index is 3.36. The van der Waals surface area contributed by atoms with Crippen molar-refractivity contribution in [1.82, 2.24) is 5.32 Å². The van der Waals surface area contributed by atoms with Crippen LogP contribution < -0.4 is 10.6 Å². The van der Waals surface area contributed by atoms with Gasteiger partial charge in [0.15, 0.2) is 0 Å². The Morgan fingerprint density at radius 1 is 1.00 bits per heavy atom. The minimum Gasteiger partial charge on any atom is -0.393 e. The molecule has 3 heteroatoms. The number of fused-ring (bicyclic) bond motifs is 2. The van der Waals surface area contributed by atoms with E-state index in [2.05, 4.69) is 67.8 Å². The standard InChI is InChI=1S/C19H22N2S/c1-13-11-15-18(12-16(13)21-10-9-20-4)22-17-8-6-5-7-14(17)19(15,2)3/h5-12,20-21H,1-4H3/b10-9-. The Bertz CT molecular complexity index is 732. The summed E-state index contributed by atoms with van der Waals surface area (Å²) in [5, 5.41) is 6.36. The number of anilines is 1. The number of benzene rings is 2. The first-order chi connectivity index (χ1) is 10.5. The molecule has 22 heavy (non-hydrogen) atoms. The molecule has 1 heterocycles. The van der Waals surface area contributed by atoms with Crippen molar-refractivity contribution in [2.75, 3.05) is 12.4 Å². The van der Waals surface area contributed by atoms with Crippen LogP contribution in [-0.4, -0.2) is 7.05 Å². The molecule has 0 saturated carbocycles. The first-order valence-electron chi connectivity index (χ1n) is 7.55. The summed E-state index contributed by atoms with van der Waals surface area (Å²) in [5.41, 5.74) is 5.31. The molecule has 0 unspecified atom stereocenters. The minimum atomic E-state index is 0.0429. The van der Waals surface area contributed by atoms with Crippen molar-refractivity contribution in [3.05, 3.63) is 65.5 Å². The van der Waals surface area contributed by atoms with E-state index in [1.807, 2.05) is 31.2 Å². The summed E-state index contributed by atoms with van der Waals surface area (Å²) >= 11 is 1.87. The fourth-order valence-corrected chi connectivity index (χ4v) is 4.38. The SMILES string of the molecule is CN/C=C\Nc1cc2c(cc1C)C(C)(C)c1ccccc1S2. The molecule has 0 aliphatic carbocycles. The van der Waals surface area contributed by atoms with Gasteiger partial charge in [-0.05, 0) is 35.7 Å². The molecule has 0 spiro atoms. The molecule has 3 rings (SSSR count). The lowest BCUT2D eigenvalue weighted by atomic mass is 9.77. The van der Waals surface area contributed by atoms with Crippen LogP contribution in [0.4, 0.5) is 5.69 Å². The average molecular weight is 310 g/mol. The Morgan fingerprint density at radius 2 is 1.77 bits per heavy atom. The van der Waals surface area contributed by atoms with Crippen LogP contribution in [0.25, 0.3) is 0 Å². The van der Waals surface area contributed by atoms with Crippen molar-refractivity contribution in [3.8, 4) is 0 Å². The van der Waals surface area contributed by atoms with E-state index < -0.39 is 0 Å². The van der Waals surface area contributed by atoms with Crippen molar-refractivity contribution in [2.24, 2.45) is 0 Å². The third-order valence-electron chi connectivity index (χ3n) is 4.27. The summed E-state index contributed by atoms with van der Waals surface area (Å²) in [6.07, 6.45) is 3.83. The highest BCUT2D eigenvalue weighted by Gasteiger charge is 2.33. The van der Waals surface area contributed by atoms with Crippen LogP contribution in [0, 0.1) is 6.92 Å². The van der Waals surface area contributed by atoms with Gasteiger partial charge < -0.3 is 10.6 Å². The van der Waals surface area contributed by atoms with Crippen LogP contribution in [0.3, 0.4) is 0 Å². The molecule has 0 bridgehead atoms. The summed E-state index contributed by atoms with van der Waals surface area (Å²) in [6.45, 7) is 6.80. The van der Waals surface area contributed by atoms with Gasteiger partial charge >= 0.3 is 0 Å². The van der Waals surface area contributed by atoms with Gasteiger partial charge in [0, 0.05) is 40.3 Å². The van der Waals surface area contributed by atoms with Gasteiger partial charge in [0.2, 0.25) is 0 Å². The molecule has 2 aromatic carbocycles. The van der Waals surface area contributed by atoms with E-state index in [1.165, 1.54) is 26.5 Å². The van der Waals surface area contributed by atoms with Crippen molar-refractivity contribution in [2.45, 2.75) is 36.0 Å². The van der Waals surface area contributed by atoms with E-state index in [0.29, 0.717) is 0 Å². The molecule has 114 valence electrons. The van der Waals surface area contributed by atoms with Crippen LogP contribution in [0.5, 0.6) is 0 Å². The number of hydrogen-bond donors (Lipinski definition) is 2. The zero-order valence-electron chi connectivity index (χ0n) is 13.5. The molecular formula is C19H22N2S. The molecular weight excluding hydrogens is 288 g/mol. The van der Waals surface area contributed by atoms with Crippen LogP contribution in [0.1, 0.15) is 30.5 Å². The molecule has 0 amide bonds. The highest BCUT2D eigenvalue weighted by atomic mass is 32.2. The van der Waals surface area contributed by atoms with Gasteiger partial charge in [0.25, 0.3) is 0 Å². The highest BCUT2D eigenvalue weighted by molar-refractivity contribution is 7.99. The second-order valence-electron chi connectivity index (χ2n) is 6.15. The van der Waals surface area contributed by atoms with Gasteiger partial charge in [-0.3, -0.25) is 0 Å². The van der Waals surface area contributed by atoms with Gasteiger partial charge in [-0.15, -0.1) is 0 Å². The van der Waals surface area contributed by atoms with Crippen LogP contribution in [0.15, 0.2) is 58.6 Å². The third kappa shape index (κ3) is 2.50. The van der Waals surface area contributed by atoms with Gasteiger partial charge in [0.1, 0.15) is 0 Å². The smallest absolute Gasteiger partial charge is 0.0421 e. The lowest BCUT2D eigenvalue weighted by Crippen LogP contribution is -2.24. The maximum Gasteiger partial charge on any atom is 0.0421 e. The summed E-state index contributed by atoms with van der Waals surface area (Å²) in [5.74, 6) is 0. The summed E-state index contributed by atoms with van der Waals surface area (Å²) in [4.78, 5) is 2.70. The monoisotopic (exact) mass is 310 g/mol. The fraction of sp³-hybridized carbons (Fsp3) is 0.263. The normalized spacial score (nSPS) is 15.3. The third-order valence-corrected chi connectivity index (χ3v) is 5.40. The zero-order chi connectivity index (χ0) is 15.7. The van der Waals surface area contributed by atoms with Crippen molar-refractivity contribution in [3.63, 3.8) is 0 Å². The second-order valence-corrected chi connectivity index (χ2v) is 7.24. The van der Waals surface area contributed by atoms with E-state index in [4.69, 9.17) is 0 Å². The van der Waals surface area contributed by atoms with E-state index in [1.54, 1.807) is 0 Å². The lowest BCUT2D eigenvalue weighted by Gasteiger charge is -2.35. The lowest BCUT2D eigenvalue weighted by molar-refractivity contribution is 0.607. The fourth-order valence-electron chi connectivity index (χ4n) is 2.97. The Kier molecular flexibility index (Phi) is 3.92. The molecule has 0 atom stereocenters. The second kappa shape index (κ2) is 5.73. The van der Waals surface area contributed by atoms with Crippen LogP contribution in [-0.2, 0) is 5.41 Å². The topological polar surface area (TPSA) is 24.1 Å². The van der Waals surface area contributed by atoms with Gasteiger partial charge in [0.05, 0.1) is 0 Å². The largest absolute Gasteiger partial charge is 0.393 e. The molecule has 0 saturated heterocycles. The first kappa shape index (κ1) is 15.0. The number of rotatable bonds is 3. The molecule has 1 aliphatic rings. The van der Waals surface area contributed by atoms with Crippen molar-refractivity contribution >= 4 is 17.4 Å². The predicted octanol–water partition coefficient (Wildman–Crippen LogP) is 4.89. The molecule has 1 aliphatic heterocycles. The van der Waals surface area contributed by atoms with Crippen LogP contribution >= 0.6 is 11.8 Å². The van der Waals surface area contributed by atoms with Crippen LogP contribution in [0.2, 0.25) is 0 Å². The zero-order valence-corrected chi connectivity index (χ0v) is 14.3. The molecule has 2 aromatic rings. The molecule has 2 N–H and O–H groups in total. The molecule has 0 radical (unpaired) electrons. The predicted molar refractivity (Wildman–Crippen MR) is 95.7 cm³/mol. The number of aryl methyl sites for hydroxylation is 1. The van der Waals surface area contributed by atoms with E-state index in [-0.39, 0.29) is 5.41 Å². The average Bonchev–Trinajstić information content (AvgIpc) is 2.49. The van der Waals surface area contributed by atoms with Crippen molar-refractivity contribution < 1.29 is 0 Å². The Hall–Kier alpha value is -1.87. The first-order valence-corrected chi connectivity index (χ1v) is 8.37.